The summed E-state index contributed by atoms with van der Waals surface area (Å²) in [5.74, 6) is -0.325. The standard InChI is InChI=1S/C33H36FN5O2/c1-5-30(40)37-12-6-7-23(37)8-9-25-24(10-11-36-31(25)35)26-16-22(34)17-27(20(26)2)39-14-13-38-28(32(39)41)15-21-18-33(3,4)19-29(21)38/h5,8-11,15-17,23H,1,6-7,12-14,18-19H2,2-4H3,(H2,35,36)/b9-8+/t23-/m0/s1. The Morgan fingerprint density at radius 2 is 1.98 bits per heavy atom. The molecule has 1 saturated heterocycles. The first-order valence-electron chi connectivity index (χ1n) is 14.3. The normalized spacial score (nSPS) is 19.6. The van der Waals surface area contributed by atoms with Crippen LogP contribution in [0.1, 0.15) is 59.6 Å². The Morgan fingerprint density at radius 1 is 1.17 bits per heavy atom. The van der Waals surface area contributed by atoms with E-state index in [-0.39, 0.29) is 23.3 Å². The third-order valence-corrected chi connectivity index (χ3v) is 8.81. The van der Waals surface area contributed by atoms with E-state index in [1.807, 2.05) is 31.2 Å². The van der Waals surface area contributed by atoms with E-state index in [0.29, 0.717) is 48.0 Å². The highest BCUT2D eigenvalue weighted by atomic mass is 19.1. The molecule has 2 aliphatic heterocycles. The minimum Gasteiger partial charge on any atom is -0.383 e. The first-order chi connectivity index (χ1) is 19.6. The number of rotatable bonds is 5. The molecule has 3 aliphatic rings. The van der Waals surface area contributed by atoms with Gasteiger partial charge in [0.15, 0.2) is 0 Å². The van der Waals surface area contributed by atoms with Crippen molar-refractivity contribution in [1.82, 2.24) is 14.5 Å². The van der Waals surface area contributed by atoms with E-state index in [0.717, 1.165) is 36.8 Å². The fraction of sp³-hybridized carbons (Fsp3) is 0.364. The van der Waals surface area contributed by atoms with Gasteiger partial charge in [0.1, 0.15) is 17.3 Å². The molecule has 0 saturated carbocycles. The van der Waals surface area contributed by atoms with Gasteiger partial charge in [0.25, 0.3) is 5.91 Å². The molecule has 7 nitrogen and oxygen atoms in total. The van der Waals surface area contributed by atoms with E-state index < -0.39 is 5.82 Å². The number of pyridine rings is 1. The van der Waals surface area contributed by atoms with Crippen LogP contribution in [0, 0.1) is 18.2 Å². The van der Waals surface area contributed by atoms with Gasteiger partial charge in [-0.05, 0) is 90.6 Å². The SMILES string of the molecule is C=CC(=O)N1CCC[C@H]1/C=C/c1c(-c2cc(F)cc(N3CCn4c(cc5c4CC(C)(C)C5)C3=O)c2C)ccnc1N. The lowest BCUT2D eigenvalue weighted by molar-refractivity contribution is -0.126. The molecule has 8 heteroatoms. The number of halogens is 1. The van der Waals surface area contributed by atoms with Crippen molar-refractivity contribution in [2.45, 2.75) is 59.0 Å². The zero-order chi connectivity index (χ0) is 29.1. The fourth-order valence-electron chi connectivity index (χ4n) is 6.86. The Labute approximate surface area is 240 Å². The predicted octanol–water partition coefficient (Wildman–Crippen LogP) is 5.56. The number of aromatic nitrogens is 2. The molecule has 2 amide bonds. The number of carbonyl (C=O) groups is 2. The minimum atomic E-state index is -0.428. The second-order valence-corrected chi connectivity index (χ2v) is 12.2. The predicted molar refractivity (Wildman–Crippen MR) is 160 cm³/mol. The van der Waals surface area contributed by atoms with E-state index in [9.17, 15) is 9.59 Å². The van der Waals surface area contributed by atoms with E-state index in [1.165, 1.54) is 29.5 Å². The highest BCUT2D eigenvalue weighted by Gasteiger charge is 2.37. The molecule has 6 rings (SSSR count). The van der Waals surface area contributed by atoms with Gasteiger partial charge < -0.3 is 20.1 Å². The number of likely N-dealkylation sites (tertiary alicyclic amines) is 1. The van der Waals surface area contributed by atoms with Gasteiger partial charge in [-0.3, -0.25) is 9.59 Å². The van der Waals surface area contributed by atoms with Crippen LogP contribution in [-0.2, 0) is 24.2 Å². The van der Waals surface area contributed by atoms with Gasteiger partial charge in [0.2, 0.25) is 5.91 Å². The second-order valence-electron chi connectivity index (χ2n) is 12.2. The molecule has 212 valence electrons. The number of nitrogens with zero attached hydrogens (tertiary/aromatic N) is 4. The number of amides is 2. The summed E-state index contributed by atoms with van der Waals surface area (Å²) in [4.78, 5) is 33.9. The monoisotopic (exact) mass is 553 g/mol. The van der Waals surface area contributed by atoms with Crippen LogP contribution >= 0.6 is 0 Å². The van der Waals surface area contributed by atoms with Crippen molar-refractivity contribution in [2.75, 3.05) is 23.7 Å². The zero-order valence-electron chi connectivity index (χ0n) is 23.9. The van der Waals surface area contributed by atoms with Crippen molar-refractivity contribution in [2.24, 2.45) is 5.41 Å². The molecule has 1 aromatic carbocycles. The number of hydrogen-bond donors (Lipinski definition) is 1. The van der Waals surface area contributed by atoms with Gasteiger partial charge in [0.05, 0.1) is 11.7 Å². The molecule has 1 aliphatic carbocycles. The maximum absolute atomic E-state index is 15.3. The van der Waals surface area contributed by atoms with Crippen LogP contribution in [0.5, 0.6) is 0 Å². The molecule has 1 fully saturated rings. The van der Waals surface area contributed by atoms with Gasteiger partial charge in [-0.2, -0.15) is 0 Å². The number of fused-ring (bicyclic) bond motifs is 3. The summed E-state index contributed by atoms with van der Waals surface area (Å²) >= 11 is 0. The van der Waals surface area contributed by atoms with Crippen LogP contribution in [-0.4, -0.2) is 45.4 Å². The summed E-state index contributed by atoms with van der Waals surface area (Å²) in [5.41, 5.74) is 13.1. The van der Waals surface area contributed by atoms with Crippen LogP contribution in [0.4, 0.5) is 15.9 Å². The number of anilines is 2. The topological polar surface area (TPSA) is 84.5 Å². The highest BCUT2D eigenvalue weighted by molar-refractivity contribution is 6.07. The van der Waals surface area contributed by atoms with Crippen molar-refractivity contribution in [1.29, 1.82) is 0 Å². The van der Waals surface area contributed by atoms with Crippen molar-refractivity contribution in [3.8, 4) is 11.1 Å². The number of nitrogen functional groups attached to an aromatic ring is 1. The first-order valence-corrected chi connectivity index (χ1v) is 14.3. The highest BCUT2D eigenvalue weighted by Crippen LogP contribution is 2.41. The van der Waals surface area contributed by atoms with Crippen molar-refractivity contribution in [3.05, 3.63) is 83.1 Å². The number of hydrogen-bond acceptors (Lipinski definition) is 4. The van der Waals surface area contributed by atoms with Crippen LogP contribution < -0.4 is 10.6 Å². The Bertz CT molecular complexity index is 1620. The largest absolute Gasteiger partial charge is 0.383 e. The summed E-state index contributed by atoms with van der Waals surface area (Å²) in [5, 5.41) is 0. The zero-order valence-corrected chi connectivity index (χ0v) is 23.9. The number of benzene rings is 1. The van der Waals surface area contributed by atoms with Crippen LogP contribution in [0.15, 0.2) is 49.2 Å². The third kappa shape index (κ3) is 4.65. The van der Waals surface area contributed by atoms with Crippen molar-refractivity contribution in [3.63, 3.8) is 0 Å². The quantitative estimate of drug-likeness (QED) is 0.420. The molecule has 4 heterocycles. The average molecular weight is 554 g/mol. The molecule has 0 unspecified atom stereocenters. The van der Waals surface area contributed by atoms with Crippen LogP contribution in [0.3, 0.4) is 0 Å². The van der Waals surface area contributed by atoms with Gasteiger partial charge in [-0.15, -0.1) is 0 Å². The minimum absolute atomic E-state index is 0.0773. The van der Waals surface area contributed by atoms with Crippen LogP contribution in [0.2, 0.25) is 0 Å². The van der Waals surface area contributed by atoms with Gasteiger partial charge in [-0.1, -0.05) is 32.6 Å². The average Bonchev–Trinajstić information content (AvgIpc) is 3.61. The maximum atomic E-state index is 15.3. The summed E-state index contributed by atoms with van der Waals surface area (Å²) in [7, 11) is 0. The summed E-state index contributed by atoms with van der Waals surface area (Å²) in [6.45, 7) is 11.9. The Balaban J connectivity index is 1.36. The second kappa shape index (κ2) is 10.0. The summed E-state index contributed by atoms with van der Waals surface area (Å²) in [6, 6.07) is 6.71. The van der Waals surface area contributed by atoms with Crippen molar-refractivity contribution >= 4 is 29.4 Å². The fourth-order valence-corrected chi connectivity index (χ4v) is 6.86. The lowest BCUT2D eigenvalue weighted by Crippen LogP contribution is -2.41. The number of carbonyl (C=O) groups excluding carboxylic acids is 2. The summed E-state index contributed by atoms with van der Waals surface area (Å²) < 4.78 is 17.4. The molecular formula is C33H36FN5O2. The Hall–Kier alpha value is -4.20. The van der Waals surface area contributed by atoms with E-state index in [4.69, 9.17) is 5.73 Å². The lowest BCUT2D eigenvalue weighted by atomic mass is 9.90. The van der Waals surface area contributed by atoms with Gasteiger partial charge in [-0.25, -0.2) is 9.37 Å². The summed E-state index contributed by atoms with van der Waals surface area (Å²) in [6.07, 6.45) is 10.4. The Kier molecular flexibility index (Phi) is 6.59. The molecule has 2 N–H and O–H groups in total. The molecule has 3 aromatic rings. The molecule has 1 atom stereocenters. The van der Waals surface area contributed by atoms with E-state index in [2.05, 4.69) is 30.0 Å². The van der Waals surface area contributed by atoms with E-state index >= 15 is 4.39 Å². The third-order valence-electron chi connectivity index (χ3n) is 8.81. The Morgan fingerprint density at radius 3 is 2.76 bits per heavy atom. The molecule has 0 spiro atoms. The molecular weight excluding hydrogens is 517 g/mol. The molecule has 41 heavy (non-hydrogen) atoms. The van der Waals surface area contributed by atoms with E-state index in [1.54, 1.807) is 16.0 Å². The smallest absolute Gasteiger partial charge is 0.274 e. The maximum Gasteiger partial charge on any atom is 0.274 e. The lowest BCUT2D eigenvalue weighted by Gasteiger charge is -2.31. The molecule has 0 radical (unpaired) electrons. The van der Waals surface area contributed by atoms with Gasteiger partial charge in [0, 0.05) is 37.1 Å². The molecule has 2 aromatic heterocycles. The van der Waals surface area contributed by atoms with Gasteiger partial charge >= 0.3 is 0 Å². The number of nitrogens with two attached hydrogens (primary N) is 1. The van der Waals surface area contributed by atoms with Crippen molar-refractivity contribution < 1.29 is 14.0 Å². The van der Waals surface area contributed by atoms with Crippen LogP contribution in [0.25, 0.3) is 17.2 Å². The first kappa shape index (κ1) is 27.0. The molecule has 0 bridgehead atoms.